The quantitative estimate of drug-likeness (QED) is 0.514. The molecule has 2 unspecified atom stereocenters. The van der Waals surface area contributed by atoms with Crippen molar-refractivity contribution in [3.8, 4) is 11.5 Å². The predicted octanol–water partition coefficient (Wildman–Crippen LogP) is 5.77. The Morgan fingerprint density at radius 1 is 1.06 bits per heavy atom. The van der Waals surface area contributed by atoms with E-state index < -0.39 is 0 Å². The third kappa shape index (κ3) is 4.84. The molecule has 1 saturated carbocycles. The third-order valence-corrected chi connectivity index (χ3v) is 6.98. The fraction of sp³-hybridized carbons (Fsp3) is 0.519. The molecule has 2 aromatic carbocycles. The van der Waals surface area contributed by atoms with Crippen LogP contribution in [0.5, 0.6) is 11.5 Å². The maximum absolute atomic E-state index is 13.3. The Balaban J connectivity index is 1.48. The second kappa shape index (κ2) is 10.1. The van der Waals surface area contributed by atoms with Crippen molar-refractivity contribution in [1.29, 1.82) is 0 Å². The van der Waals surface area contributed by atoms with Crippen LogP contribution in [0.25, 0.3) is 0 Å². The summed E-state index contributed by atoms with van der Waals surface area (Å²) in [5.41, 5.74) is 1.62. The molecule has 4 rings (SSSR count). The van der Waals surface area contributed by atoms with Crippen LogP contribution in [-0.4, -0.2) is 38.3 Å². The van der Waals surface area contributed by atoms with Crippen molar-refractivity contribution in [2.75, 3.05) is 20.8 Å². The Kier molecular flexibility index (Phi) is 7.17. The van der Waals surface area contributed by atoms with Crippen molar-refractivity contribution >= 4 is 5.78 Å². The lowest BCUT2D eigenvalue weighted by Crippen LogP contribution is -2.47. The Bertz CT molecular complexity index is 902. The molecular formula is C27H34O5. The number of carbonyl (C=O) groups is 1. The number of hydrogen-bond acceptors (Lipinski definition) is 5. The summed E-state index contributed by atoms with van der Waals surface area (Å²) in [5.74, 6) is 1.39. The minimum absolute atomic E-state index is 0.0193. The molecule has 1 aliphatic carbocycles. The first-order valence-corrected chi connectivity index (χ1v) is 11.7. The molecule has 1 aliphatic heterocycles. The molecule has 0 amide bonds. The standard InChI is InChI=1S/C27H34O5/c1-4-31-22-17-24(19-8-6-5-7-9-19)32-27(18-22)14-12-20(13-15-27)26(28)23-11-10-21(29-2)16-25(23)30-3/h5-11,16,20,22,24H,4,12-15,17-18H2,1-3H3. The van der Waals surface area contributed by atoms with Gasteiger partial charge in [0.05, 0.1) is 37.6 Å². The monoisotopic (exact) mass is 438 g/mol. The summed E-state index contributed by atoms with van der Waals surface area (Å²) < 4.78 is 23.6. The van der Waals surface area contributed by atoms with Gasteiger partial charge in [0.25, 0.3) is 0 Å². The smallest absolute Gasteiger partial charge is 0.169 e. The zero-order chi connectivity index (χ0) is 22.6. The molecule has 172 valence electrons. The van der Waals surface area contributed by atoms with Gasteiger partial charge in [0.15, 0.2) is 5.78 Å². The van der Waals surface area contributed by atoms with E-state index in [9.17, 15) is 4.79 Å². The lowest BCUT2D eigenvalue weighted by molar-refractivity contribution is -0.189. The number of Topliss-reactive ketones (excluding diaryl/α,β-unsaturated/α-hetero) is 1. The van der Waals surface area contributed by atoms with Crippen molar-refractivity contribution in [3.63, 3.8) is 0 Å². The Labute approximate surface area is 191 Å². The molecule has 32 heavy (non-hydrogen) atoms. The van der Waals surface area contributed by atoms with E-state index in [4.69, 9.17) is 18.9 Å². The molecule has 1 heterocycles. The highest BCUT2D eigenvalue weighted by molar-refractivity contribution is 6.00. The van der Waals surface area contributed by atoms with E-state index in [-0.39, 0.29) is 29.5 Å². The van der Waals surface area contributed by atoms with E-state index >= 15 is 0 Å². The van der Waals surface area contributed by atoms with Crippen molar-refractivity contribution < 1.29 is 23.7 Å². The van der Waals surface area contributed by atoms with Crippen LogP contribution in [0.4, 0.5) is 0 Å². The zero-order valence-electron chi connectivity index (χ0n) is 19.3. The van der Waals surface area contributed by atoms with Crippen molar-refractivity contribution in [3.05, 3.63) is 59.7 Å². The third-order valence-electron chi connectivity index (χ3n) is 6.98. The van der Waals surface area contributed by atoms with E-state index in [1.54, 1.807) is 20.3 Å². The summed E-state index contributed by atoms with van der Waals surface area (Å²) in [4.78, 5) is 13.3. The van der Waals surface area contributed by atoms with E-state index in [2.05, 4.69) is 31.2 Å². The highest BCUT2D eigenvalue weighted by atomic mass is 16.5. The van der Waals surface area contributed by atoms with Gasteiger partial charge < -0.3 is 18.9 Å². The first kappa shape index (κ1) is 22.8. The van der Waals surface area contributed by atoms with E-state index in [0.717, 1.165) is 38.5 Å². The number of carbonyl (C=O) groups excluding carboxylic acids is 1. The van der Waals surface area contributed by atoms with E-state index in [0.29, 0.717) is 23.7 Å². The summed E-state index contributed by atoms with van der Waals surface area (Å²) in [7, 11) is 3.20. The molecule has 2 aliphatic rings. The van der Waals surface area contributed by atoms with Crippen LogP contribution in [-0.2, 0) is 9.47 Å². The van der Waals surface area contributed by atoms with Gasteiger partial charge in [-0.25, -0.2) is 0 Å². The van der Waals surface area contributed by atoms with Crippen LogP contribution in [0.2, 0.25) is 0 Å². The molecule has 0 aromatic heterocycles. The van der Waals surface area contributed by atoms with Gasteiger partial charge in [0.1, 0.15) is 11.5 Å². The normalized spacial score (nSPS) is 27.8. The Morgan fingerprint density at radius 3 is 2.47 bits per heavy atom. The Hall–Kier alpha value is -2.37. The number of ether oxygens (including phenoxy) is 4. The second-order valence-electron chi connectivity index (χ2n) is 8.92. The van der Waals surface area contributed by atoms with Crippen LogP contribution >= 0.6 is 0 Å². The first-order valence-electron chi connectivity index (χ1n) is 11.7. The zero-order valence-corrected chi connectivity index (χ0v) is 19.3. The fourth-order valence-corrected chi connectivity index (χ4v) is 5.32. The number of hydrogen-bond donors (Lipinski definition) is 0. The molecule has 5 nitrogen and oxygen atoms in total. The van der Waals surface area contributed by atoms with E-state index in [1.165, 1.54) is 5.56 Å². The lowest BCUT2D eigenvalue weighted by atomic mass is 9.72. The van der Waals surface area contributed by atoms with Gasteiger partial charge in [0.2, 0.25) is 0 Å². The van der Waals surface area contributed by atoms with Crippen LogP contribution in [0.3, 0.4) is 0 Å². The SMILES string of the molecule is CCOC1CC(c2ccccc2)OC2(CCC(C(=O)c3ccc(OC)cc3OC)CC2)C1. The summed E-state index contributed by atoms with van der Waals surface area (Å²) in [6.07, 6.45) is 5.37. The predicted molar refractivity (Wildman–Crippen MR) is 123 cm³/mol. The molecule has 2 aromatic rings. The summed E-state index contributed by atoms with van der Waals surface area (Å²) >= 11 is 0. The average molecular weight is 439 g/mol. The number of ketones is 1. The summed E-state index contributed by atoms with van der Waals surface area (Å²) in [5, 5.41) is 0. The van der Waals surface area contributed by atoms with Gasteiger partial charge in [-0.1, -0.05) is 30.3 Å². The summed E-state index contributed by atoms with van der Waals surface area (Å²) in [6.45, 7) is 2.76. The molecule has 1 spiro atoms. The van der Waals surface area contributed by atoms with Crippen LogP contribution in [0, 0.1) is 5.92 Å². The van der Waals surface area contributed by atoms with Crippen molar-refractivity contribution in [1.82, 2.24) is 0 Å². The highest BCUT2D eigenvalue weighted by Crippen LogP contribution is 2.47. The fourth-order valence-electron chi connectivity index (χ4n) is 5.32. The van der Waals surface area contributed by atoms with Gasteiger partial charge in [0, 0.05) is 31.4 Å². The van der Waals surface area contributed by atoms with Crippen molar-refractivity contribution in [2.45, 2.75) is 63.3 Å². The minimum atomic E-state index is -0.223. The van der Waals surface area contributed by atoms with Crippen LogP contribution in [0.1, 0.15) is 67.5 Å². The lowest BCUT2D eigenvalue weighted by Gasteiger charge is -2.48. The van der Waals surface area contributed by atoms with Crippen molar-refractivity contribution in [2.24, 2.45) is 5.92 Å². The molecule has 2 fully saturated rings. The van der Waals surface area contributed by atoms with Gasteiger partial charge in [-0.05, 0) is 50.3 Å². The number of rotatable bonds is 7. The molecule has 0 radical (unpaired) electrons. The second-order valence-corrected chi connectivity index (χ2v) is 8.92. The Morgan fingerprint density at radius 2 is 1.81 bits per heavy atom. The average Bonchev–Trinajstić information content (AvgIpc) is 2.84. The largest absolute Gasteiger partial charge is 0.497 e. The molecule has 0 bridgehead atoms. The molecule has 1 saturated heterocycles. The maximum Gasteiger partial charge on any atom is 0.169 e. The minimum Gasteiger partial charge on any atom is -0.497 e. The highest BCUT2D eigenvalue weighted by Gasteiger charge is 2.45. The molecule has 0 N–H and O–H groups in total. The number of benzene rings is 2. The first-order chi connectivity index (χ1) is 15.6. The van der Waals surface area contributed by atoms with Gasteiger partial charge in [-0.2, -0.15) is 0 Å². The summed E-state index contributed by atoms with van der Waals surface area (Å²) in [6, 6.07) is 15.8. The van der Waals surface area contributed by atoms with Gasteiger partial charge in [-0.3, -0.25) is 4.79 Å². The molecular weight excluding hydrogens is 404 g/mol. The van der Waals surface area contributed by atoms with Crippen LogP contribution in [0.15, 0.2) is 48.5 Å². The van der Waals surface area contributed by atoms with Gasteiger partial charge in [-0.15, -0.1) is 0 Å². The molecule has 2 atom stereocenters. The maximum atomic E-state index is 13.3. The topological polar surface area (TPSA) is 54.0 Å². The van der Waals surface area contributed by atoms with Gasteiger partial charge >= 0.3 is 0 Å². The van der Waals surface area contributed by atoms with E-state index in [1.807, 2.05) is 18.2 Å². The van der Waals surface area contributed by atoms with Crippen LogP contribution < -0.4 is 9.47 Å². The number of methoxy groups -OCH3 is 2. The molecule has 5 heteroatoms.